The molecule has 1 aromatic heterocycles. The maximum Gasteiger partial charge on any atom is 0.226 e. The highest BCUT2D eigenvalue weighted by Crippen LogP contribution is 2.18. The number of nitrogens with zero attached hydrogens (tertiary/aromatic N) is 1. The van der Waals surface area contributed by atoms with Crippen LogP contribution in [0.15, 0.2) is 29.6 Å². The molecule has 0 bridgehead atoms. The van der Waals surface area contributed by atoms with Gasteiger partial charge in [0, 0.05) is 16.4 Å². The first-order valence-electron chi connectivity index (χ1n) is 6.78. The first-order valence-corrected chi connectivity index (χ1v) is 8.04. The van der Waals surface area contributed by atoms with E-state index in [0.29, 0.717) is 17.3 Å². The van der Waals surface area contributed by atoms with Gasteiger partial charge in [0.2, 0.25) is 5.91 Å². The number of aromatic nitrogens is 1. The highest BCUT2D eigenvalue weighted by molar-refractivity contribution is 7.09. The lowest BCUT2D eigenvalue weighted by Crippen LogP contribution is -2.36. The molecule has 0 radical (unpaired) electrons. The van der Waals surface area contributed by atoms with Crippen LogP contribution >= 0.6 is 22.9 Å². The number of amides is 1. The first kappa shape index (κ1) is 16.7. The van der Waals surface area contributed by atoms with Crippen molar-refractivity contribution >= 4 is 28.8 Å². The topological polar surface area (TPSA) is 71.5 Å². The van der Waals surface area contributed by atoms with Crippen LogP contribution in [0.5, 0.6) is 5.75 Å². The second kappa shape index (κ2) is 8.12. The average molecular weight is 341 g/mol. The Morgan fingerprint density at radius 2 is 2.18 bits per heavy atom. The molecule has 2 aromatic rings. The highest BCUT2D eigenvalue weighted by Gasteiger charge is 2.10. The Balaban J connectivity index is 1.83. The largest absolute Gasteiger partial charge is 0.486 e. The summed E-state index contributed by atoms with van der Waals surface area (Å²) < 4.78 is 5.60. The molecule has 1 heterocycles. The molecule has 5 nitrogen and oxygen atoms in total. The van der Waals surface area contributed by atoms with Crippen LogP contribution in [0.4, 0.5) is 0 Å². The number of hydrogen-bond acceptors (Lipinski definition) is 5. The van der Waals surface area contributed by atoms with Gasteiger partial charge >= 0.3 is 0 Å². The van der Waals surface area contributed by atoms with Crippen LogP contribution in [0.2, 0.25) is 5.02 Å². The number of carbonyl (C=O) groups excluding carboxylic acids is 1. The van der Waals surface area contributed by atoms with Gasteiger partial charge < -0.3 is 15.2 Å². The second-order valence-electron chi connectivity index (χ2n) is 4.80. The molecule has 0 aliphatic rings. The molecule has 1 atom stereocenters. The lowest BCUT2D eigenvalue weighted by molar-refractivity contribution is -0.121. The quantitative estimate of drug-likeness (QED) is 0.812. The molecule has 0 saturated heterocycles. The molecule has 0 aliphatic heterocycles. The molecule has 0 fully saturated rings. The Bertz CT molecular complexity index is 616. The number of carbonyl (C=O) groups is 1. The number of rotatable bonds is 7. The minimum atomic E-state index is -0.251. The number of aliphatic hydroxyl groups excluding tert-OH is 1. The molecule has 2 N–H and O–H groups in total. The SMILES string of the molecule is CC(CO)NC(=O)Cc1csc(COc2ccc(Cl)cc2)n1. The van der Waals surface area contributed by atoms with Crippen LogP contribution in [0, 0.1) is 0 Å². The van der Waals surface area contributed by atoms with Gasteiger partial charge in [-0.25, -0.2) is 4.98 Å². The summed E-state index contributed by atoms with van der Waals surface area (Å²) in [7, 11) is 0. The molecule has 7 heteroatoms. The molecule has 0 aliphatic carbocycles. The molecule has 1 amide bonds. The number of aliphatic hydroxyl groups is 1. The summed E-state index contributed by atoms with van der Waals surface area (Å²) in [5.74, 6) is 0.563. The van der Waals surface area contributed by atoms with E-state index in [1.807, 2.05) is 5.38 Å². The third kappa shape index (κ3) is 5.29. The van der Waals surface area contributed by atoms with Gasteiger partial charge in [0.15, 0.2) is 0 Å². The molecule has 22 heavy (non-hydrogen) atoms. The van der Waals surface area contributed by atoms with Crippen molar-refractivity contribution in [1.29, 1.82) is 0 Å². The summed E-state index contributed by atoms with van der Waals surface area (Å²) in [5.41, 5.74) is 0.697. The summed E-state index contributed by atoms with van der Waals surface area (Å²) in [4.78, 5) is 16.1. The number of nitrogens with one attached hydrogen (secondary N) is 1. The number of thiazole rings is 1. The monoisotopic (exact) mass is 340 g/mol. The third-order valence-electron chi connectivity index (χ3n) is 2.80. The molecular formula is C15H17ClN2O3S. The predicted molar refractivity (Wildman–Crippen MR) is 86.3 cm³/mol. The van der Waals surface area contributed by atoms with Crippen LogP contribution in [0.3, 0.4) is 0 Å². The van der Waals surface area contributed by atoms with Crippen molar-refractivity contribution in [2.24, 2.45) is 0 Å². The molecule has 0 spiro atoms. The maximum absolute atomic E-state index is 11.7. The van der Waals surface area contributed by atoms with Gasteiger partial charge in [-0.3, -0.25) is 4.79 Å². The fourth-order valence-electron chi connectivity index (χ4n) is 1.71. The van der Waals surface area contributed by atoms with Gasteiger partial charge in [-0.1, -0.05) is 11.6 Å². The predicted octanol–water partition coefficient (Wildman–Crippen LogP) is 2.42. The molecule has 0 saturated carbocycles. The fourth-order valence-corrected chi connectivity index (χ4v) is 2.54. The zero-order valence-electron chi connectivity index (χ0n) is 12.1. The standard InChI is InChI=1S/C15H17ClN2O3S/c1-10(7-19)17-14(20)6-12-9-22-15(18-12)8-21-13-4-2-11(16)3-5-13/h2-5,9-10,19H,6-8H2,1H3,(H,17,20). The number of halogens is 1. The second-order valence-corrected chi connectivity index (χ2v) is 6.18. The minimum absolute atomic E-state index is 0.0804. The Kier molecular flexibility index (Phi) is 6.18. The van der Waals surface area contributed by atoms with E-state index in [0.717, 1.165) is 10.8 Å². The van der Waals surface area contributed by atoms with Gasteiger partial charge in [-0.2, -0.15) is 0 Å². The van der Waals surface area contributed by atoms with Gasteiger partial charge in [-0.05, 0) is 31.2 Å². The van der Waals surface area contributed by atoms with Crippen molar-refractivity contribution in [3.05, 3.63) is 45.4 Å². The van der Waals surface area contributed by atoms with Crippen molar-refractivity contribution in [3.8, 4) is 5.75 Å². The van der Waals surface area contributed by atoms with Gasteiger partial charge in [-0.15, -0.1) is 11.3 Å². The molecule has 2 rings (SSSR count). The minimum Gasteiger partial charge on any atom is -0.486 e. The van der Waals surface area contributed by atoms with E-state index in [9.17, 15) is 4.79 Å². The summed E-state index contributed by atoms with van der Waals surface area (Å²) in [6, 6.07) is 6.85. The third-order valence-corrected chi connectivity index (χ3v) is 3.92. The van der Waals surface area contributed by atoms with E-state index in [-0.39, 0.29) is 25.0 Å². The van der Waals surface area contributed by atoms with Crippen molar-refractivity contribution in [2.75, 3.05) is 6.61 Å². The maximum atomic E-state index is 11.7. The fraction of sp³-hybridized carbons (Fsp3) is 0.333. The number of benzene rings is 1. The van der Waals surface area contributed by atoms with E-state index in [4.69, 9.17) is 21.4 Å². The summed E-state index contributed by atoms with van der Waals surface area (Å²) in [6.07, 6.45) is 0.196. The van der Waals surface area contributed by atoms with Crippen molar-refractivity contribution in [1.82, 2.24) is 10.3 Å². The van der Waals surface area contributed by atoms with Gasteiger partial charge in [0.05, 0.1) is 18.7 Å². The smallest absolute Gasteiger partial charge is 0.226 e. The summed E-state index contributed by atoms with van der Waals surface area (Å²) in [6.45, 7) is 2.01. The zero-order chi connectivity index (χ0) is 15.9. The van der Waals surface area contributed by atoms with Crippen LogP contribution in [0.25, 0.3) is 0 Å². The molecule has 1 unspecified atom stereocenters. The van der Waals surface area contributed by atoms with E-state index in [1.165, 1.54) is 11.3 Å². The number of hydrogen-bond donors (Lipinski definition) is 2. The Labute approximate surface area is 137 Å². The Morgan fingerprint density at radius 3 is 2.86 bits per heavy atom. The first-order chi connectivity index (χ1) is 10.6. The summed E-state index contributed by atoms with van der Waals surface area (Å²) >= 11 is 7.25. The van der Waals surface area contributed by atoms with E-state index >= 15 is 0 Å². The van der Waals surface area contributed by atoms with Gasteiger partial charge in [0.25, 0.3) is 0 Å². The van der Waals surface area contributed by atoms with Crippen molar-refractivity contribution in [2.45, 2.75) is 26.0 Å². The van der Waals surface area contributed by atoms with Crippen molar-refractivity contribution < 1.29 is 14.6 Å². The van der Waals surface area contributed by atoms with Gasteiger partial charge in [0.1, 0.15) is 17.4 Å². The van der Waals surface area contributed by atoms with E-state index in [2.05, 4.69) is 10.3 Å². The highest BCUT2D eigenvalue weighted by atomic mass is 35.5. The van der Waals surface area contributed by atoms with Crippen LogP contribution < -0.4 is 10.1 Å². The lowest BCUT2D eigenvalue weighted by Gasteiger charge is -2.09. The van der Waals surface area contributed by atoms with Crippen molar-refractivity contribution in [3.63, 3.8) is 0 Å². The molecule has 1 aromatic carbocycles. The van der Waals surface area contributed by atoms with E-state index < -0.39 is 0 Å². The van der Waals surface area contributed by atoms with Crippen LogP contribution in [-0.4, -0.2) is 28.6 Å². The lowest BCUT2D eigenvalue weighted by atomic mass is 10.3. The average Bonchev–Trinajstić information content (AvgIpc) is 2.93. The normalized spacial score (nSPS) is 12.0. The zero-order valence-corrected chi connectivity index (χ0v) is 13.7. The Morgan fingerprint density at radius 1 is 1.45 bits per heavy atom. The van der Waals surface area contributed by atoms with Crippen LogP contribution in [0.1, 0.15) is 17.6 Å². The van der Waals surface area contributed by atoms with Crippen LogP contribution in [-0.2, 0) is 17.8 Å². The number of ether oxygens (including phenoxy) is 1. The molecular weight excluding hydrogens is 324 g/mol. The van der Waals surface area contributed by atoms with E-state index in [1.54, 1.807) is 31.2 Å². The summed E-state index contributed by atoms with van der Waals surface area (Å²) in [5, 5.41) is 14.9. The molecule has 118 valence electrons. The Hall–Kier alpha value is -1.63.